The van der Waals surface area contributed by atoms with Gasteiger partial charge < -0.3 is 59.3 Å². The lowest BCUT2D eigenvalue weighted by Gasteiger charge is -2.49. The van der Waals surface area contributed by atoms with Crippen LogP contribution in [0.3, 0.4) is 0 Å². The van der Waals surface area contributed by atoms with Gasteiger partial charge >= 0.3 is 47.5 Å². The van der Waals surface area contributed by atoms with E-state index in [-0.39, 0.29) is 0 Å². The number of nitrogens with one attached hydrogen (secondary N) is 2. The molecule has 3 saturated heterocycles. The van der Waals surface area contributed by atoms with Crippen LogP contribution in [0.1, 0.15) is 20.8 Å². The fourth-order valence-electron chi connectivity index (χ4n) is 5.62. The van der Waals surface area contributed by atoms with Gasteiger partial charge in [0.15, 0.2) is 31.1 Å². The summed E-state index contributed by atoms with van der Waals surface area (Å²) in [5.41, 5.74) is 0. The molecule has 30 nitrogen and oxygen atoms in total. The first-order chi connectivity index (χ1) is 25.9. The Balaban J connectivity index is 2.09. The predicted octanol–water partition coefficient (Wildman–Crippen LogP) is -7.02. The van der Waals surface area contributed by atoms with Crippen molar-refractivity contribution >= 4 is 53.4 Å². The van der Waals surface area contributed by atoms with Crippen LogP contribution in [0.2, 0.25) is 0 Å². The molecule has 3 fully saturated rings. The van der Waals surface area contributed by atoms with E-state index in [4.69, 9.17) is 33.0 Å². The second kappa shape index (κ2) is 19.2. The van der Waals surface area contributed by atoms with E-state index >= 15 is 0 Å². The summed E-state index contributed by atoms with van der Waals surface area (Å²) in [6, 6.07) is -4.05. The zero-order valence-corrected chi connectivity index (χ0v) is 32.3. The normalized spacial score (nSPS) is 37.2. The molecule has 0 aromatic rings. The number of rotatable bonds is 18. The molecule has 0 aromatic heterocycles. The van der Waals surface area contributed by atoms with Gasteiger partial charge in [0.2, 0.25) is 5.91 Å². The Bertz CT molecular complexity index is 1840. The molecule has 0 radical (unpaired) electrons. The lowest BCUT2D eigenvalue weighted by Crippen LogP contribution is -2.70. The van der Waals surface area contributed by atoms with Gasteiger partial charge in [0.1, 0.15) is 60.9 Å². The minimum absolute atomic E-state index is 0.716. The summed E-state index contributed by atoms with van der Waals surface area (Å²) in [5, 5.41) is 56.1. The summed E-state index contributed by atoms with van der Waals surface area (Å²) in [6.07, 6.45) is -31.6. The summed E-state index contributed by atoms with van der Waals surface area (Å²) < 4.78 is 176. The van der Waals surface area contributed by atoms with Crippen molar-refractivity contribution in [3.05, 3.63) is 0 Å². The van der Waals surface area contributed by atoms with Crippen molar-refractivity contribution in [1.82, 2.24) is 10.0 Å². The zero-order valence-electron chi connectivity index (χ0n) is 29.1. The molecule has 1 amide bonds. The summed E-state index contributed by atoms with van der Waals surface area (Å²) in [6.45, 7) is 1.31. The van der Waals surface area contributed by atoms with E-state index in [0.717, 1.165) is 6.92 Å². The molecule has 0 aliphatic carbocycles. The summed E-state index contributed by atoms with van der Waals surface area (Å²) in [7, 11) is -21.7. The van der Waals surface area contributed by atoms with Crippen LogP contribution < -0.4 is 10.0 Å². The smallest absolute Gasteiger partial charge is 0.397 e. The van der Waals surface area contributed by atoms with Crippen molar-refractivity contribution in [2.75, 3.05) is 13.2 Å². The average molecular weight is 921 g/mol. The SMILES string of the molecule is CC(=O)N[C@H]1[C@@H](OC(C)C)O[C@H](COS(=O)(=O)O)[C@@H](O[C@@H]2O[C@H](C(=O)O)[C@@H](O[C@H]3O[C@H](COS(=O)(=O)O)[C@@H](O)[C@H](O)[C@H]3NS(=O)(=O)O)[C@H](O)[C@H]2OS(=O)(=O)O)[C@@H]1O. The topological polar surface area (TPSA) is 460 Å². The third kappa shape index (κ3) is 14.6. The first kappa shape index (κ1) is 49.4. The maximum absolute atomic E-state index is 12.5. The number of carbonyl (C=O) groups excluding carboxylic acids is 1. The Morgan fingerprint density at radius 2 is 1.18 bits per heavy atom. The number of carboxylic acids is 1. The van der Waals surface area contributed by atoms with Crippen molar-refractivity contribution in [3.63, 3.8) is 0 Å². The zero-order chi connectivity index (χ0) is 43.6. The van der Waals surface area contributed by atoms with Gasteiger partial charge in [0.25, 0.3) is 0 Å². The number of carboxylic acid groups (broad SMARTS) is 1. The number of hydrogen-bond donors (Lipinski definition) is 11. The molecular weight excluding hydrogens is 881 g/mol. The maximum Gasteiger partial charge on any atom is 0.397 e. The Morgan fingerprint density at radius 3 is 1.65 bits per heavy atom. The number of carbonyl (C=O) groups is 2. The lowest BCUT2D eigenvalue weighted by molar-refractivity contribution is -0.360. The molecule has 3 heterocycles. The van der Waals surface area contributed by atoms with Crippen molar-refractivity contribution in [3.8, 4) is 0 Å². The molecule has 3 aliphatic heterocycles. The molecule has 15 atom stereocenters. The molecule has 334 valence electrons. The first-order valence-electron chi connectivity index (χ1n) is 15.7. The molecule has 0 unspecified atom stereocenters. The second-order valence-corrected chi connectivity index (χ2v) is 16.9. The Labute approximate surface area is 322 Å². The summed E-state index contributed by atoms with van der Waals surface area (Å²) in [4.78, 5) is 24.6. The molecule has 0 saturated carbocycles. The van der Waals surface area contributed by atoms with E-state index in [2.05, 4.69) is 17.9 Å². The van der Waals surface area contributed by atoms with E-state index in [1.165, 1.54) is 18.6 Å². The molecular formula is C23H40N2O28S4. The Kier molecular flexibility index (Phi) is 16.6. The monoisotopic (exact) mass is 920 g/mol. The Morgan fingerprint density at radius 1 is 0.649 bits per heavy atom. The van der Waals surface area contributed by atoms with Gasteiger partial charge in [-0.15, -0.1) is 0 Å². The van der Waals surface area contributed by atoms with Gasteiger partial charge in [-0.3, -0.25) is 23.0 Å². The number of aliphatic carboxylic acids is 1. The largest absolute Gasteiger partial charge is 0.479 e. The molecule has 0 bridgehead atoms. The van der Waals surface area contributed by atoms with Gasteiger partial charge in [0, 0.05) is 6.92 Å². The van der Waals surface area contributed by atoms with E-state index in [0.29, 0.717) is 0 Å². The standard InChI is InChI=1S/C23H40N2O28S4/c1-6(2)47-21-10(24-7(3)26)14(29)16(9(49-21)5-46-56(39,40)41)50-23-18(53-57(42,43)44)15(30)17(19(52-23)20(31)32)51-22-11(25-54(33,34)35)13(28)12(27)8(48-22)4-45-55(36,37)38/h6,8-19,21-23,25,27-30H,4-5H2,1-3H3,(H,24,26)(H,31,32)(H,33,34,35)(H,36,37,38)(H,39,40,41)(H,42,43,44)/t8-,9-,10-,11-,12-,13-,14-,15+,16-,17+,18-,19+,21+,22-,23-/m1/s1. The summed E-state index contributed by atoms with van der Waals surface area (Å²) in [5.74, 6) is -2.97. The van der Waals surface area contributed by atoms with Gasteiger partial charge in [-0.1, -0.05) is 0 Å². The highest BCUT2D eigenvalue weighted by Crippen LogP contribution is 2.35. The van der Waals surface area contributed by atoms with E-state index in [9.17, 15) is 82.5 Å². The average Bonchev–Trinajstić information content (AvgIpc) is 3.02. The van der Waals surface area contributed by atoms with E-state index in [1.807, 2.05) is 0 Å². The first-order valence-corrected chi connectivity index (χ1v) is 21.2. The molecule has 3 aliphatic rings. The molecule has 0 aromatic carbocycles. The number of aliphatic hydroxyl groups excluding tert-OH is 4. The van der Waals surface area contributed by atoms with E-state index in [1.54, 1.807) is 0 Å². The predicted molar refractivity (Wildman–Crippen MR) is 171 cm³/mol. The Hall–Kier alpha value is -1.98. The van der Waals surface area contributed by atoms with Crippen molar-refractivity contribution in [2.24, 2.45) is 0 Å². The van der Waals surface area contributed by atoms with Crippen LogP contribution >= 0.6 is 0 Å². The number of ether oxygens (including phenoxy) is 6. The van der Waals surface area contributed by atoms with Crippen LogP contribution in [0, 0.1) is 0 Å². The molecule has 11 N–H and O–H groups in total. The third-order valence-electron chi connectivity index (χ3n) is 7.78. The van der Waals surface area contributed by atoms with Gasteiger partial charge in [-0.05, 0) is 13.8 Å². The highest BCUT2D eigenvalue weighted by molar-refractivity contribution is 7.83. The van der Waals surface area contributed by atoms with Gasteiger partial charge in [-0.2, -0.15) is 38.4 Å². The van der Waals surface area contributed by atoms with Crippen LogP contribution in [-0.2, 0) is 92.1 Å². The van der Waals surface area contributed by atoms with Crippen LogP contribution in [0.4, 0.5) is 0 Å². The molecule has 0 spiro atoms. The fraction of sp³-hybridized carbons (Fsp3) is 0.913. The minimum atomic E-state index is -5.77. The minimum Gasteiger partial charge on any atom is -0.479 e. The fourth-order valence-corrected chi connectivity index (χ4v) is 7.31. The van der Waals surface area contributed by atoms with E-state index < -0.39 is 165 Å². The summed E-state index contributed by atoms with van der Waals surface area (Å²) >= 11 is 0. The van der Waals surface area contributed by atoms with Crippen LogP contribution in [0.5, 0.6) is 0 Å². The van der Waals surface area contributed by atoms with Crippen molar-refractivity contribution in [2.45, 2.75) is 119 Å². The molecule has 3 rings (SSSR count). The highest BCUT2D eigenvalue weighted by Gasteiger charge is 2.58. The van der Waals surface area contributed by atoms with Gasteiger partial charge in [-0.25, -0.2) is 17.3 Å². The molecule has 34 heteroatoms. The number of hydrogen-bond acceptors (Lipinski definition) is 23. The lowest BCUT2D eigenvalue weighted by atomic mass is 9.94. The highest BCUT2D eigenvalue weighted by atomic mass is 32.3. The number of amides is 1. The number of aliphatic hydroxyl groups is 4. The van der Waals surface area contributed by atoms with Crippen LogP contribution in [-0.4, -0.2) is 201 Å². The van der Waals surface area contributed by atoms with Crippen molar-refractivity contribution < 1.29 is 128 Å². The quantitative estimate of drug-likeness (QED) is 0.0569. The third-order valence-corrected chi connectivity index (χ3v) is 9.68. The van der Waals surface area contributed by atoms with Crippen LogP contribution in [0.15, 0.2) is 0 Å². The molecule has 57 heavy (non-hydrogen) atoms. The van der Waals surface area contributed by atoms with Crippen molar-refractivity contribution in [1.29, 1.82) is 0 Å². The maximum atomic E-state index is 12.5. The van der Waals surface area contributed by atoms with Crippen LogP contribution in [0.25, 0.3) is 0 Å². The van der Waals surface area contributed by atoms with Gasteiger partial charge in [0.05, 0.1) is 19.3 Å². The second-order valence-electron chi connectivity index (χ2n) is 12.5.